The maximum absolute atomic E-state index is 12.2. The summed E-state index contributed by atoms with van der Waals surface area (Å²) in [5, 5.41) is 0. The molecule has 2 heterocycles. The molecular weight excluding hydrogens is 333 g/mol. The van der Waals surface area contributed by atoms with Crippen molar-refractivity contribution in [2.75, 3.05) is 11.0 Å². The number of esters is 1. The minimum Gasteiger partial charge on any atom is -0.450 e. The lowest BCUT2D eigenvalue weighted by Gasteiger charge is -2.42. The second-order valence-corrected chi connectivity index (χ2v) is 5.57. The van der Waals surface area contributed by atoms with Crippen LogP contribution in [0.5, 0.6) is 0 Å². The Labute approximate surface area is 115 Å². The highest BCUT2D eigenvalue weighted by Gasteiger charge is 2.55. The van der Waals surface area contributed by atoms with Crippen molar-refractivity contribution in [3.63, 3.8) is 0 Å². The molecule has 1 amide bonds. The maximum atomic E-state index is 12.2. The van der Waals surface area contributed by atoms with Crippen LogP contribution in [0, 0.1) is 0 Å². The molecule has 0 spiro atoms. The number of cyclic esters (lactones) is 1. The van der Waals surface area contributed by atoms with Crippen LogP contribution in [0.4, 0.5) is 0 Å². The topological polar surface area (TPSA) is 46.6 Å². The number of amides is 1. The molecular formula is C12H16INO3. The van der Waals surface area contributed by atoms with Crippen molar-refractivity contribution in [3.8, 4) is 0 Å². The lowest BCUT2D eigenvalue weighted by Crippen LogP contribution is -2.62. The molecule has 2 fully saturated rings. The van der Waals surface area contributed by atoms with E-state index in [0.717, 1.165) is 10.8 Å². The third kappa shape index (κ3) is 1.98. The van der Waals surface area contributed by atoms with Crippen molar-refractivity contribution >= 4 is 34.5 Å². The fourth-order valence-corrected chi connectivity index (χ4v) is 3.26. The van der Waals surface area contributed by atoms with Crippen molar-refractivity contribution in [1.29, 1.82) is 0 Å². The average molecular weight is 349 g/mol. The van der Waals surface area contributed by atoms with E-state index >= 15 is 0 Å². The van der Waals surface area contributed by atoms with Crippen molar-refractivity contribution in [2.45, 2.75) is 37.3 Å². The molecule has 0 radical (unpaired) electrons. The number of carbonyl (C=O) groups excluding carboxylic acids is 2. The molecule has 4 nitrogen and oxygen atoms in total. The van der Waals surface area contributed by atoms with Gasteiger partial charge in [-0.2, -0.15) is 0 Å². The number of halogens is 1. The lowest BCUT2D eigenvalue weighted by molar-refractivity contribution is -0.185. The summed E-state index contributed by atoms with van der Waals surface area (Å²) < 4.78 is 6.14. The largest absolute Gasteiger partial charge is 0.450 e. The Morgan fingerprint density at radius 2 is 2.35 bits per heavy atom. The van der Waals surface area contributed by atoms with Gasteiger partial charge in [0.15, 0.2) is 6.10 Å². The zero-order chi connectivity index (χ0) is 12.5. The third-order valence-corrected chi connectivity index (χ3v) is 4.14. The second kappa shape index (κ2) is 4.96. The van der Waals surface area contributed by atoms with E-state index in [2.05, 4.69) is 29.2 Å². The predicted octanol–water partition coefficient (Wildman–Crippen LogP) is 1.67. The Morgan fingerprint density at radius 1 is 1.59 bits per heavy atom. The summed E-state index contributed by atoms with van der Waals surface area (Å²) in [5.41, 5.74) is -0.749. The van der Waals surface area contributed by atoms with Gasteiger partial charge in [-0.1, -0.05) is 28.7 Å². The van der Waals surface area contributed by atoms with E-state index in [4.69, 9.17) is 4.74 Å². The lowest BCUT2D eigenvalue weighted by atomic mass is 9.90. The molecule has 5 heteroatoms. The van der Waals surface area contributed by atoms with Crippen molar-refractivity contribution in [1.82, 2.24) is 4.90 Å². The molecule has 0 aromatic rings. The summed E-state index contributed by atoms with van der Waals surface area (Å²) in [6.45, 7) is 4.34. The molecule has 0 aromatic carbocycles. The molecule has 2 aliphatic heterocycles. The molecule has 0 bridgehead atoms. The predicted molar refractivity (Wildman–Crippen MR) is 71.9 cm³/mol. The number of hydrogen-bond acceptors (Lipinski definition) is 3. The van der Waals surface area contributed by atoms with Gasteiger partial charge in [-0.25, -0.2) is 4.79 Å². The van der Waals surface area contributed by atoms with E-state index < -0.39 is 11.6 Å². The number of nitrogens with zero attached hydrogens (tertiary/aromatic N) is 1. The fraction of sp³-hybridized carbons (Fsp3) is 0.667. The Morgan fingerprint density at radius 3 is 3.00 bits per heavy atom. The van der Waals surface area contributed by atoms with E-state index in [1.807, 2.05) is 0 Å². The standard InChI is InChI=1S/C12H16INO3/c1-2-5-12-6-3-8-14(12)10(15)9(4-7-13)17-11(12)16/h2,9H,1,3-8H2/t9-,12-/m0/s1. The molecule has 2 atom stereocenters. The van der Waals surface area contributed by atoms with Gasteiger partial charge in [-0.15, -0.1) is 6.58 Å². The van der Waals surface area contributed by atoms with Crippen molar-refractivity contribution in [3.05, 3.63) is 12.7 Å². The van der Waals surface area contributed by atoms with Gasteiger partial charge in [-0.3, -0.25) is 4.79 Å². The smallest absolute Gasteiger partial charge is 0.333 e. The van der Waals surface area contributed by atoms with Crippen LogP contribution in [-0.4, -0.2) is 39.4 Å². The minimum absolute atomic E-state index is 0.0272. The summed E-state index contributed by atoms with van der Waals surface area (Å²) in [5.74, 6) is -0.273. The van der Waals surface area contributed by atoms with Gasteiger partial charge in [-0.05, 0) is 19.3 Å². The number of ether oxygens (including phenoxy) is 1. The highest BCUT2D eigenvalue weighted by atomic mass is 127. The van der Waals surface area contributed by atoms with Gasteiger partial charge in [0.05, 0.1) is 0 Å². The van der Waals surface area contributed by atoms with Gasteiger partial charge < -0.3 is 9.64 Å². The summed E-state index contributed by atoms with van der Waals surface area (Å²) >= 11 is 2.19. The molecule has 0 N–H and O–H groups in total. The van der Waals surface area contributed by atoms with E-state index in [1.165, 1.54) is 0 Å². The number of rotatable bonds is 4. The minimum atomic E-state index is -0.749. The Bertz CT molecular complexity index is 358. The van der Waals surface area contributed by atoms with E-state index in [-0.39, 0.29) is 11.9 Å². The highest BCUT2D eigenvalue weighted by Crippen LogP contribution is 2.38. The van der Waals surface area contributed by atoms with Crippen LogP contribution in [0.3, 0.4) is 0 Å². The van der Waals surface area contributed by atoms with Crippen molar-refractivity contribution in [2.24, 2.45) is 0 Å². The number of morpholine rings is 1. The normalized spacial score (nSPS) is 32.3. The first-order valence-electron chi connectivity index (χ1n) is 5.85. The average Bonchev–Trinajstić information content (AvgIpc) is 2.72. The summed E-state index contributed by atoms with van der Waals surface area (Å²) in [4.78, 5) is 26.1. The molecule has 2 aliphatic rings. The number of hydrogen-bond donors (Lipinski definition) is 0. The van der Waals surface area contributed by atoms with Gasteiger partial charge >= 0.3 is 5.97 Å². The Balaban J connectivity index is 2.27. The summed E-state index contributed by atoms with van der Waals surface area (Å²) in [6.07, 6.45) is 3.79. The van der Waals surface area contributed by atoms with Gasteiger partial charge in [0.2, 0.25) is 0 Å². The molecule has 0 saturated carbocycles. The first-order chi connectivity index (χ1) is 8.15. The zero-order valence-electron chi connectivity index (χ0n) is 9.65. The maximum Gasteiger partial charge on any atom is 0.333 e. The van der Waals surface area contributed by atoms with Crippen LogP contribution < -0.4 is 0 Å². The number of alkyl halides is 1. The van der Waals surface area contributed by atoms with Gasteiger partial charge in [0, 0.05) is 17.4 Å². The molecule has 0 aliphatic carbocycles. The molecule has 0 aromatic heterocycles. The van der Waals surface area contributed by atoms with Gasteiger partial charge in [0.25, 0.3) is 5.91 Å². The van der Waals surface area contributed by atoms with Crippen LogP contribution in [-0.2, 0) is 14.3 Å². The SMILES string of the molecule is C=CC[C@@]12CCCN1C(=O)[C@H](CCI)OC2=O. The van der Waals surface area contributed by atoms with Crippen LogP contribution >= 0.6 is 22.6 Å². The molecule has 0 unspecified atom stereocenters. The van der Waals surface area contributed by atoms with Crippen LogP contribution in [0.2, 0.25) is 0 Å². The van der Waals surface area contributed by atoms with E-state index in [0.29, 0.717) is 25.8 Å². The van der Waals surface area contributed by atoms with Gasteiger partial charge in [0.1, 0.15) is 5.54 Å². The molecule has 2 saturated heterocycles. The highest BCUT2D eigenvalue weighted by molar-refractivity contribution is 14.1. The monoisotopic (exact) mass is 349 g/mol. The van der Waals surface area contributed by atoms with Crippen LogP contribution in [0.25, 0.3) is 0 Å². The molecule has 2 rings (SSSR count). The molecule has 94 valence electrons. The first kappa shape index (κ1) is 12.9. The van der Waals surface area contributed by atoms with E-state index in [9.17, 15) is 9.59 Å². The number of carbonyl (C=O) groups is 2. The van der Waals surface area contributed by atoms with Crippen LogP contribution in [0.1, 0.15) is 25.7 Å². The summed E-state index contributed by atoms with van der Waals surface area (Å²) in [6, 6.07) is 0. The molecule has 17 heavy (non-hydrogen) atoms. The first-order valence-corrected chi connectivity index (χ1v) is 7.37. The zero-order valence-corrected chi connectivity index (χ0v) is 11.8. The quantitative estimate of drug-likeness (QED) is 0.336. The number of fused-ring (bicyclic) bond motifs is 1. The third-order valence-electron chi connectivity index (χ3n) is 3.51. The second-order valence-electron chi connectivity index (χ2n) is 4.49. The Kier molecular flexibility index (Phi) is 3.75. The van der Waals surface area contributed by atoms with Crippen molar-refractivity contribution < 1.29 is 14.3 Å². The van der Waals surface area contributed by atoms with E-state index in [1.54, 1.807) is 11.0 Å². The Hall–Kier alpha value is -0.590. The fourth-order valence-electron chi connectivity index (χ4n) is 2.69. The van der Waals surface area contributed by atoms with Crippen LogP contribution in [0.15, 0.2) is 12.7 Å². The summed E-state index contributed by atoms with van der Waals surface area (Å²) in [7, 11) is 0.